The molecule has 16 heavy (non-hydrogen) atoms. The van der Waals surface area contributed by atoms with Crippen LogP contribution in [0.2, 0.25) is 10.0 Å². The van der Waals surface area contributed by atoms with Crippen molar-refractivity contribution in [1.29, 1.82) is 0 Å². The number of anilines is 2. The molecule has 1 rings (SSSR count). The molecule has 0 aliphatic heterocycles. The molecule has 0 aromatic heterocycles. The molecule has 3 N–H and O–H groups in total. The number of nitrogens with one attached hydrogen (secondary N) is 1. The highest BCUT2D eigenvalue weighted by molar-refractivity contribution is 7.98. The van der Waals surface area contributed by atoms with Crippen LogP contribution < -0.4 is 11.1 Å². The van der Waals surface area contributed by atoms with Crippen LogP contribution in [0.25, 0.3) is 0 Å². The summed E-state index contributed by atoms with van der Waals surface area (Å²) >= 11 is 14.0. The van der Waals surface area contributed by atoms with Gasteiger partial charge < -0.3 is 11.1 Å². The zero-order valence-electron chi connectivity index (χ0n) is 9.39. The molecule has 0 saturated carbocycles. The molecular weight excluding hydrogens is 263 g/mol. The van der Waals surface area contributed by atoms with Crippen molar-refractivity contribution in [2.24, 2.45) is 0 Å². The van der Waals surface area contributed by atoms with E-state index in [1.54, 1.807) is 23.9 Å². The van der Waals surface area contributed by atoms with Crippen LogP contribution in [0, 0.1) is 0 Å². The van der Waals surface area contributed by atoms with Gasteiger partial charge in [-0.2, -0.15) is 11.8 Å². The van der Waals surface area contributed by atoms with E-state index in [1.807, 2.05) is 0 Å². The Hall–Kier alpha value is -0.250. The predicted molar refractivity (Wildman–Crippen MR) is 77.0 cm³/mol. The Morgan fingerprint density at radius 2 is 1.94 bits per heavy atom. The van der Waals surface area contributed by atoms with Crippen molar-refractivity contribution in [3.8, 4) is 0 Å². The van der Waals surface area contributed by atoms with Crippen LogP contribution in [0.5, 0.6) is 0 Å². The third-order valence-electron chi connectivity index (χ3n) is 2.27. The van der Waals surface area contributed by atoms with Crippen LogP contribution in [0.15, 0.2) is 12.1 Å². The average Bonchev–Trinajstić information content (AvgIpc) is 2.21. The fraction of sp³-hybridized carbons (Fsp3) is 0.455. The summed E-state index contributed by atoms with van der Waals surface area (Å²) in [5.74, 6) is 1.02. The van der Waals surface area contributed by atoms with E-state index in [0.717, 1.165) is 17.9 Å². The van der Waals surface area contributed by atoms with Gasteiger partial charge in [0.1, 0.15) is 0 Å². The minimum Gasteiger partial charge on any atom is -0.399 e. The van der Waals surface area contributed by atoms with Gasteiger partial charge in [-0.15, -0.1) is 0 Å². The summed E-state index contributed by atoms with van der Waals surface area (Å²) in [4.78, 5) is 0. The van der Waals surface area contributed by atoms with Crippen molar-refractivity contribution in [3.05, 3.63) is 22.2 Å². The third-order valence-corrected chi connectivity index (χ3v) is 3.61. The molecule has 90 valence electrons. The van der Waals surface area contributed by atoms with Gasteiger partial charge >= 0.3 is 0 Å². The summed E-state index contributed by atoms with van der Waals surface area (Å²) in [7, 11) is 0. The molecule has 0 spiro atoms. The van der Waals surface area contributed by atoms with E-state index in [1.165, 1.54) is 0 Å². The van der Waals surface area contributed by atoms with E-state index >= 15 is 0 Å². The first-order valence-electron chi connectivity index (χ1n) is 5.08. The van der Waals surface area contributed by atoms with E-state index in [2.05, 4.69) is 18.5 Å². The summed E-state index contributed by atoms with van der Waals surface area (Å²) in [6.07, 6.45) is 3.11. The van der Waals surface area contributed by atoms with E-state index < -0.39 is 0 Å². The lowest BCUT2D eigenvalue weighted by Gasteiger charge is -2.19. The Morgan fingerprint density at radius 3 is 2.38 bits per heavy atom. The first kappa shape index (κ1) is 13.8. The van der Waals surface area contributed by atoms with Crippen LogP contribution >= 0.6 is 35.0 Å². The zero-order chi connectivity index (χ0) is 12.1. The maximum Gasteiger partial charge on any atom is 0.0722 e. The number of rotatable bonds is 5. The first-order valence-corrected chi connectivity index (χ1v) is 7.23. The van der Waals surface area contributed by atoms with Gasteiger partial charge in [0.15, 0.2) is 0 Å². The highest BCUT2D eigenvalue weighted by atomic mass is 35.5. The van der Waals surface area contributed by atoms with Crippen LogP contribution in [0.3, 0.4) is 0 Å². The molecule has 1 atom stereocenters. The van der Waals surface area contributed by atoms with Crippen LogP contribution in [0.4, 0.5) is 11.4 Å². The van der Waals surface area contributed by atoms with E-state index in [4.69, 9.17) is 28.9 Å². The lowest BCUT2D eigenvalue weighted by molar-refractivity contribution is 0.775. The molecule has 0 heterocycles. The molecule has 0 saturated heterocycles. The van der Waals surface area contributed by atoms with Gasteiger partial charge in [0.05, 0.1) is 15.7 Å². The van der Waals surface area contributed by atoms with Crippen molar-refractivity contribution >= 4 is 46.3 Å². The number of thioether (sulfide) groups is 1. The molecule has 0 fully saturated rings. The smallest absolute Gasteiger partial charge is 0.0722 e. The van der Waals surface area contributed by atoms with Gasteiger partial charge in [-0.1, -0.05) is 30.1 Å². The Morgan fingerprint density at radius 1 is 1.38 bits per heavy atom. The topological polar surface area (TPSA) is 38.0 Å². The Kier molecular flexibility index (Phi) is 5.59. The lowest BCUT2D eigenvalue weighted by atomic mass is 10.2. The third kappa shape index (κ3) is 3.65. The van der Waals surface area contributed by atoms with Crippen LogP contribution in [-0.4, -0.2) is 18.1 Å². The van der Waals surface area contributed by atoms with Gasteiger partial charge in [-0.05, 0) is 24.8 Å². The zero-order valence-corrected chi connectivity index (χ0v) is 11.7. The molecule has 1 aromatic rings. The van der Waals surface area contributed by atoms with Crippen molar-refractivity contribution in [2.75, 3.05) is 23.1 Å². The summed E-state index contributed by atoms with van der Waals surface area (Å²) in [6.45, 7) is 2.13. The van der Waals surface area contributed by atoms with Gasteiger partial charge in [0.2, 0.25) is 0 Å². The normalized spacial score (nSPS) is 12.5. The number of nitrogens with two attached hydrogens (primary N) is 1. The highest BCUT2D eigenvalue weighted by Gasteiger charge is 2.11. The minimum atomic E-state index is 0.369. The molecule has 0 amide bonds. The van der Waals surface area contributed by atoms with E-state index in [-0.39, 0.29) is 0 Å². The molecule has 1 aromatic carbocycles. The molecule has 0 radical (unpaired) electrons. The molecule has 5 heteroatoms. The highest BCUT2D eigenvalue weighted by Crippen LogP contribution is 2.33. The SMILES string of the molecule is CCC(CSC)Nc1c(Cl)cc(N)cc1Cl. The average molecular weight is 279 g/mol. The van der Waals surface area contributed by atoms with Crippen molar-refractivity contribution in [1.82, 2.24) is 0 Å². The van der Waals surface area contributed by atoms with E-state index in [0.29, 0.717) is 21.8 Å². The predicted octanol–water partition coefficient (Wildman–Crippen LogP) is 4.13. The molecular formula is C11H16Cl2N2S. The second-order valence-corrected chi connectivity index (χ2v) is 5.29. The van der Waals surface area contributed by atoms with Gasteiger partial charge in [-0.25, -0.2) is 0 Å². The minimum absolute atomic E-state index is 0.369. The fourth-order valence-corrected chi connectivity index (χ4v) is 2.73. The lowest BCUT2D eigenvalue weighted by Crippen LogP contribution is -2.21. The first-order chi connectivity index (χ1) is 7.58. The number of benzene rings is 1. The van der Waals surface area contributed by atoms with E-state index in [9.17, 15) is 0 Å². The second-order valence-electron chi connectivity index (χ2n) is 3.56. The number of nitrogen functional groups attached to an aromatic ring is 1. The number of halogens is 2. The largest absolute Gasteiger partial charge is 0.399 e. The summed E-state index contributed by atoms with van der Waals surface area (Å²) in [6, 6.07) is 3.79. The van der Waals surface area contributed by atoms with Gasteiger partial charge in [0, 0.05) is 17.5 Å². The molecule has 0 aliphatic rings. The van der Waals surface area contributed by atoms with Crippen molar-refractivity contribution < 1.29 is 0 Å². The Balaban J connectivity index is 2.87. The second kappa shape index (κ2) is 6.48. The maximum atomic E-state index is 6.10. The van der Waals surface area contributed by atoms with Crippen LogP contribution in [0.1, 0.15) is 13.3 Å². The van der Waals surface area contributed by atoms with Crippen LogP contribution in [-0.2, 0) is 0 Å². The molecule has 0 aliphatic carbocycles. The molecule has 2 nitrogen and oxygen atoms in total. The number of hydrogen-bond donors (Lipinski definition) is 2. The van der Waals surface area contributed by atoms with Gasteiger partial charge in [0.25, 0.3) is 0 Å². The molecule has 0 bridgehead atoms. The summed E-state index contributed by atoms with van der Waals surface area (Å²) in [5, 5.41) is 4.50. The maximum absolute atomic E-state index is 6.10. The summed E-state index contributed by atoms with van der Waals surface area (Å²) < 4.78 is 0. The van der Waals surface area contributed by atoms with Crippen molar-refractivity contribution in [2.45, 2.75) is 19.4 Å². The summed E-state index contributed by atoms with van der Waals surface area (Å²) in [5.41, 5.74) is 7.01. The standard InChI is InChI=1S/C11H16Cl2N2S/c1-3-8(6-16-2)15-11-9(12)4-7(14)5-10(11)13/h4-5,8,15H,3,6,14H2,1-2H3. The Bertz CT molecular complexity index is 335. The monoisotopic (exact) mass is 278 g/mol. The van der Waals surface area contributed by atoms with Crippen molar-refractivity contribution in [3.63, 3.8) is 0 Å². The Labute approximate surface area is 111 Å². The van der Waals surface area contributed by atoms with Gasteiger partial charge in [-0.3, -0.25) is 0 Å². The quantitative estimate of drug-likeness (QED) is 0.796. The fourth-order valence-electron chi connectivity index (χ4n) is 1.40. The molecule has 1 unspecified atom stereocenters. The number of hydrogen-bond acceptors (Lipinski definition) is 3.